The minimum Gasteiger partial charge on any atom is -0.392 e. The zero-order valence-electron chi connectivity index (χ0n) is 27.4. The first-order chi connectivity index (χ1) is 22.1. The number of amides is 3. The molecular weight excluding hydrogens is 627 g/mol. The molecule has 6 N–H and O–H groups in total. The summed E-state index contributed by atoms with van der Waals surface area (Å²) < 4.78 is 41.8. The molecule has 0 spiro atoms. The number of para-hydroxylation sites is 1. The maximum atomic E-state index is 14.3. The molecule has 0 radical (unpaired) electrons. The molecule has 0 saturated heterocycles. The number of hydrogen-bond acceptors (Lipinski definition) is 4. The number of nitrogens with one attached hydrogen (secondary N) is 4. The molecule has 0 aliphatic heterocycles. The van der Waals surface area contributed by atoms with Crippen molar-refractivity contribution >= 4 is 45.8 Å². The maximum Gasteiger partial charge on any atom is 0.418 e. The monoisotopic (exact) mass is 671 g/mol. The lowest BCUT2D eigenvalue weighted by Crippen LogP contribution is -2.67. The number of carbonyl (C=O) groups is 3. The van der Waals surface area contributed by atoms with Crippen molar-refractivity contribution in [3.63, 3.8) is 0 Å². The SMILES string of the molecule is CCC(C)[C@H](NC(=O)[C@H](C)c1ccccc1)C(=O)N[C@]1(C(=O)N[C@H](C(N)=S)C(C)CC)CCc2[nH]c3c(C(F)(F)F)cccc3c2C1. The van der Waals surface area contributed by atoms with Crippen molar-refractivity contribution in [1.82, 2.24) is 20.9 Å². The molecule has 47 heavy (non-hydrogen) atoms. The molecule has 2 aromatic carbocycles. The van der Waals surface area contributed by atoms with Gasteiger partial charge in [-0.2, -0.15) is 13.2 Å². The number of benzene rings is 2. The van der Waals surface area contributed by atoms with Gasteiger partial charge < -0.3 is 26.7 Å². The summed E-state index contributed by atoms with van der Waals surface area (Å²) in [4.78, 5) is 45.0. The molecule has 1 aliphatic rings. The lowest BCUT2D eigenvalue weighted by Gasteiger charge is -2.40. The number of carbonyl (C=O) groups excluding carboxylic acids is 3. The summed E-state index contributed by atoms with van der Waals surface area (Å²) in [5.41, 5.74) is 5.48. The van der Waals surface area contributed by atoms with E-state index in [-0.39, 0.29) is 47.5 Å². The van der Waals surface area contributed by atoms with Gasteiger partial charge in [0.15, 0.2) is 0 Å². The summed E-state index contributed by atoms with van der Waals surface area (Å²) in [7, 11) is 0. The highest BCUT2D eigenvalue weighted by molar-refractivity contribution is 7.80. The van der Waals surface area contributed by atoms with Crippen molar-refractivity contribution in [1.29, 1.82) is 0 Å². The summed E-state index contributed by atoms with van der Waals surface area (Å²) in [5.74, 6) is -2.39. The fourth-order valence-electron chi connectivity index (χ4n) is 6.26. The number of aromatic nitrogens is 1. The molecule has 0 bridgehead atoms. The van der Waals surface area contributed by atoms with Gasteiger partial charge in [0, 0.05) is 17.5 Å². The zero-order valence-corrected chi connectivity index (χ0v) is 28.2. The predicted molar refractivity (Wildman–Crippen MR) is 181 cm³/mol. The summed E-state index contributed by atoms with van der Waals surface area (Å²) in [5, 5.41) is 9.18. The van der Waals surface area contributed by atoms with Crippen molar-refractivity contribution < 1.29 is 27.6 Å². The Bertz CT molecular complexity index is 1630. The molecular formula is C35H44F3N5O3S. The van der Waals surface area contributed by atoms with Gasteiger partial charge in [0.25, 0.3) is 0 Å². The number of H-pyrrole nitrogens is 1. The highest BCUT2D eigenvalue weighted by atomic mass is 32.1. The van der Waals surface area contributed by atoms with Gasteiger partial charge >= 0.3 is 6.18 Å². The average molecular weight is 672 g/mol. The highest BCUT2D eigenvalue weighted by Gasteiger charge is 2.47. The van der Waals surface area contributed by atoms with Crippen LogP contribution in [0.5, 0.6) is 0 Å². The van der Waals surface area contributed by atoms with Crippen LogP contribution in [0.15, 0.2) is 48.5 Å². The molecule has 3 amide bonds. The van der Waals surface area contributed by atoms with Gasteiger partial charge in [0.2, 0.25) is 17.7 Å². The zero-order chi connectivity index (χ0) is 34.7. The summed E-state index contributed by atoms with van der Waals surface area (Å²) in [6.07, 6.45) is -3.15. The number of fused-ring (bicyclic) bond motifs is 3. The molecule has 1 aromatic heterocycles. The normalized spacial score (nSPS) is 19.5. The summed E-state index contributed by atoms with van der Waals surface area (Å²) in [6.45, 7) is 9.33. The lowest BCUT2D eigenvalue weighted by molar-refractivity contribution is -0.137. The first kappa shape index (κ1) is 35.9. The van der Waals surface area contributed by atoms with Crippen LogP contribution in [0.3, 0.4) is 0 Å². The molecule has 2 unspecified atom stereocenters. The van der Waals surface area contributed by atoms with Gasteiger partial charge in [0.05, 0.1) is 28.0 Å². The van der Waals surface area contributed by atoms with Crippen LogP contribution >= 0.6 is 12.2 Å². The van der Waals surface area contributed by atoms with E-state index in [9.17, 15) is 27.6 Å². The van der Waals surface area contributed by atoms with E-state index in [4.69, 9.17) is 18.0 Å². The first-order valence-corrected chi connectivity index (χ1v) is 16.5. The third-order valence-corrected chi connectivity index (χ3v) is 9.96. The van der Waals surface area contributed by atoms with Crippen LogP contribution in [0.2, 0.25) is 0 Å². The lowest BCUT2D eigenvalue weighted by atomic mass is 9.78. The Morgan fingerprint density at radius 3 is 2.17 bits per heavy atom. The van der Waals surface area contributed by atoms with Crippen molar-refractivity contribution in [2.75, 3.05) is 0 Å². The van der Waals surface area contributed by atoms with Gasteiger partial charge in [-0.25, -0.2) is 0 Å². The van der Waals surface area contributed by atoms with Crippen molar-refractivity contribution in [3.05, 3.63) is 70.9 Å². The number of aryl methyl sites for hydroxylation is 1. The van der Waals surface area contributed by atoms with E-state index in [1.165, 1.54) is 6.07 Å². The number of halogens is 3. The third kappa shape index (κ3) is 7.63. The molecule has 254 valence electrons. The number of rotatable bonds is 12. The third-order valence-electron chi connectivity index (χ3n) is 9.70. The molecule has 8 nitrogen and oxygen atoms in total. The van der Waals surface area contributed by atoms with Crippen LogP contribution in [0.25, 0.3) is 10.9 Å². The first-order valence-electron chi connectivity index (χ1n) is 16.1. The number of hydrogen-bond donors (Lipinski definition) is 5. The van der Waals surface area contributed by atoms with Crippen LogP contribution < -0.4 is 21.7 Å². The molecule has 12 heteroatoms. The molecule has 1 heterocycles. The van der Waals surface area contributed by atoms with E-state index in [1.54, 1.807) is 13.0 Å². The van der Waals surface area contributed by atoms with E-state index >= 15 is 0 Å². The van der Waals surface area contributed by atoms with Crippen molar-refractivity contribution in [2.24, 2.45) is 17.6 Å². The van der Waals surface area contributed by atoms with Crippen LogP contribution in [0.1, 0.15) is 82.2 Å². The number of thiocarbonyl (C=S) groups is 1. The number of nitrogens with two attached hydrogens (primary N) is 1. The van der Waals surface area contributed by atoms with Gasteiger partial charge in [-0.15, -0.1) is 0 Å². The fourth-order valence-corrected chi connectivity index (χ4v) is 6.55. The minimum atomic E-state index is -4.59. The van der Waals surface area contributed by atoms with Gasteiger partial charge in [-0.3, -0.25) is 14.4 Å². The van der Waals surface area contributed by atoms with Crippen molar-refractivity contribution in [2.45, 2.75) is 96.4 Å². The molecule has 0 saturated carbocycles. The van der Waals surface area contributed by atoms with Gasteiger partial charge in [0.1, 0.15) is 11.6 Å². The minimum absolute atomic E-state index is 0.0622. The molecule has 4 rings (SSSR count). The largest absolute Gasteiger partial charge is 0.418 e. The maximum absolute atomic E-state index is 14.3. The predicted octanol–water partition coefficient (Wildman–Crippen LogP) is 5.68. The van der Waals surface area contributed by atoms with Crippen LogP contribution in [0.4, 0.5) is 13.2 Å². The van der Waals surface area contributed by atoms with E-state index in [0.29, 0.717) is 29.5 Å². The Morgan fingerprint density at radius 1 is 0.936 bits per heavy atom. The number of aromatic amines is 1. The Balaban J connectivity index is 1.74. The van der Waals surface area contributed by atoms with Crippen LogP contribution in [-0.4, -0.2) is 45.3 Å². The van der Waals surface area contributed by atoms with Gasteiger partial charge in [-0.05, 0) is 48.8 Å². The number of alkyl halides is 3. The van der Waals surface area contributed by atoms with Crippen LogP contribution in [0, 0.1) is 11.8 Å². The van der Waals surface area contributed by atoms with Crippen LogP contribution in [-0.2, 0) is 33.4 Å². The highest BCUT2D eigenvalue weighted by Crippen LogP contribution is 2.40. The van der Waals surface area contributed by atoms with E-state index in [2.05, 4.69) is 20.9 Å². The molecule has 0 fully saturated rings. The van der Waals surface area contributed by atoms with Crippen molar-refractivity contribution in [3.8, 4) is 0 Å². The van der Waals surface area contributed by atoms with E-state index < -0.39 is 47.1 Å². The fraction of sp³-hybridized carbons (Fsp3) is 0.486. The second kappa shape index (κ2) is 14.5. The Kier molecular flexibility index (Phi) is 11.0. The average Bonchev–Trinajstić information content (AvgIpc) is 3.42. The molecule has 1 aliphatic carbocycles. The summed E-state index contributed by atoms with van der Waals surface area (Å²) >= 11 is 5.29. The van der Waals surface area contributed by atoms with Gasteiger partial charge in [-0.1, -0.05) is 95.2 Å². The molecule has 3 aromatic rings. The quantitative estimate of drug-likeness (QED) is 0.158. The topological polar surface area (TPSA) is 129 Å². The Labute approximate surface area is 278 Å². The summed E-state index contributed by atoms with van der Waals surface area (Å²) in [6, 6.07) is 11.5. The molecule has 6 atom stereocenters. The smallest absolute Gasteiger partial charge is 0.392 e. The van der Waals surface area contributed by atoms with E-state index in [1.807, 2.05) is 58.0 Å². The second-order valence-corrected chi connectivity index (χ2v) is 13.3. The van der Waals surface area contributed by atoms with E-state index in [0.717, 1.165) is 11.6 Å². The Morgan fingerprint density at radius 2 is 1.57 bits per heavy atom. The Hall–Kier alpha value is -3.93. The second-order valence-electron chi connectivity index (χ2n) is 12.8. The standard InChI is InChI=1S/C35H44F3N5O3S/c1-6-19(3)27(30(39)47)42-33(46)34(17-16-26-24(18-34)23-14-11-15-25(29(23)40-26)35(36,37)38)43-32(45)28(20(4)7-2)41-31(44)21(5)22-12-9-8-10-13-22/h8-15,19-21,27-28,40H,6-7,16-18H2,1-5H3,(H2,39,47)(H,41,44)(H,42,46)(H,43,45)/t19?,20?,21-,27+,28+,34-/m1/s1.